The molecule has 36 heavy (non-hydrogen) atoms. The van der Waals surface area contributed by atoms with E-state index >= 15 is 0 Å². The highest BCUT2D eigenvalue weighted by Crippen LogP contribution is 2.22. The first-order valence-corrected chi connectivity index (χ1v) is 12.3. The van der Waals surface area contributed by atoms with Gasteiger partial charge >= 0.3 is 5.69 Å². The van der Waals surface area contributed by atoms with Crippen molar-refractivity contribution in [3.8, 4) is 0 Å². The van der Waals surface area contributed by atoms with Crippen molar-refractivity contribution in [2.24, 2.45) is 0 Å². The van der Waals surface area contributed by atoms with Gasteiger partial charge in [-0.05, 0) is 42.7 Å². The molecule has 0 saturated carbocycles. The summed E-state index contributed by atoms with van der Waals surface area (Å²) >= 11 is 0. The van der Waals surface area contributed by atoms with Gasteiger partial charge in [-0.25, -0.2) is 18.9 Å². The Morgan fingerprint density at radius 2 is 1.64 bits per heavy atom. The molecule has 9 nitrogen and oxygen atoms in total. The summed E-state index contributed by atoms with van der Waals surface area (Å²) in [4.78, 5) is 34.6. The first-order valence-electron chi connectivity index (χ1n) is 12.3. The summed E-state index contributed by atoms with van der Waals surface area (Å²) in [5, 5.41) is 7.33. The van der Waals surface area contributed by atoms with Gasteiger partial charge in [-0.2, -0.15) is 0 Å². The minimum absolute atomic E-state index is 0.174. The van der Waals surface area contributed by atoms with Crippen LogP contribution < -0.4 is 20.8 Å². The number of amides is 1. The van der Waals surface area contributed by atoms with E-state index in [1.54, 1.807) is 12.4 Å². The van der Waals surface area contributed by atoms with Gasteiger partial charge in [0, 0.05) is 49.9 Å². The van der Waals surface area contributed by atoms with E-state index in [1.165, 1.54) is 25.9 Å². The average molecular weight is 486 g/mol. The molecule has 5 rings (SSSR count). The minimum Gasteiger partial charge on any atom is -0.368 e. The Morgan fingerprint density at radius 3 is 2.31 bits per heavy atom. The maximum absolute atomic E-state index is 13.0. The molecule has 0 atom stereocenters. The number of carbonyl (C=O) groups excluding carboxylic acids is 1. The second kappa shape index (κ2) is 9.85. The second-order valence-corrected chi connectivity index (χ2v) is 9.52. The van der Waals surface area contributed by atoms with E-state index in [-0.39, 0.29) is 18.1 Å². The summed E-state index contributed by atoms with van der Waals surface area (Å²) in [6.45, 7) is 9.36. The van der Waals surface area contributed by atoms with Crippen LogP contribution in [0.15, 0.2) is 65.7 Å². The first kappa shape index (κ1) is 23.6. The van der Waals surface area contributed by atoms with Crippen molar-refractivity contribution in [1.82, 2.24) is 19.2 Å². The van der Waals surface area contributed by atoms with Gasteiger partial charge in [0.15, 0.2) is 5.82 Å². The van der Waals surface area contributed by atoms with E-state index in [0.29, 0.717) is 23.1 Å². The monoisotopic (exact) mass is 485 g/mol. The van der Waals surface area contributed by atoms with Crippen LogP contribution in [0.1, 0.15) is 30.9 Å². The number of hydrogen-bond acceptors (Lipinski definition) is 6. The molecule has 2 aromatic carbocycles. The van der Waals surface area contributed by atoms with Gasteiger partial charge < -0.3 is 15.1 Å². The number of carbonyl (C=O) groups is 1. The molecule has 1 aliphatic heterocycles. The molecule has 0 radical (unpaired) electrons. The Labute approximate surface area is 210 Å². The average Bonchev–Trinajstić information content (AvgIpc) is 3.20. The number of nitrogens with zero attached hydrogens (tertiary/aromatic N) is 6. The molecule has 0 unspecified atom stereocenters. The standard InChI is InChI=1S/C27H31N7O2/c1-19(2)21-6-8-22(9-7-21)29-24(35)18-34-27(36)33-13-12-28-25(26(33)30-34)32-16-14-31(15-17-32)23-10-4-20(3)5-11-23/h4-13,19H,14-18H2,1-3H3,(H,29,35). The van der Waals surface area contributed by atoms with E-state index in [0.717, 1.165) is 26.2 Å². The number of aryl methyl sites for hydroxylation is 1. The zero-order chi connectivity index (χ0) is 25.2. The third-order valence-corrected chi connectivity index (χ3v) is 6.62. The van der Waals surface area contributed by atoms with Crippen LogP contribution in [-0.2, 0) is 11.3 Å². The first-order chi connectivity index (χ1) is 17.4. The lowest BCUT2D eigenvalue weighted by molar-refractivity contribution is -0.117. The molecule has 186 valence electrons. The number of anilines is 3. The van der Waals surface area contributed by atoms with Crippen LogP contribution in [-0.4, -0.2) is 51.3 Å². The van der Waals surface area contributed by atoms with Crippen molar-refractivity contribution in [3.63, 3.8) is 0 Å². The number of piperazine rings is 1. The number of hydrogen-bond donors (Lipinski definition) is 1. The van der Waals surface area contributed by atoms with Gasteiger partial charge in [0.1, 0.15) is 6.54 Å². The van der Waals surface area contributed by atoms with Crippen molar-refractivity contribution < 1.29 is 4.79 Å². The molecule has 0 aliphatic carbocycles. The predicted molar refractivity (Wildman–Crippen MR) is 142 cm³/mol. The molecular weight excluding hydrogens is 454 g/mol. The molecule has 1 saturated heterocycles. The van der Waals surface area contributed by atoms with Crippen molar-refractivity contribution in [2.45, 2.75) is 33.2 Å². The van der Waals surface area contributed by atoms with Crippen LogP contribution >= 0.6 is 0 Å². The third kappa shape index (κ3) is 4.82. The van der Waals surface area contributed by atoms with E-state index in [1.807, 2.05) is 24.3 Å². The van der Waals surface area contributed by atoms with Crippen LogP contribution in [0.3, 0.4) is 0 Å². The molecule has 0 spiro atoms. The fraction of sp³-hybridized carbons (Fsp3) is 0.333. The van der Waals surface area contributed by atoms with Crippen molar-refractivity contribution in [2.75, 3.05) is 41.3 Å². The fourth-order valence-electron chi connectivity index (χ4n) is 4.48. The van der Waals surface area contributed by atoms with Gasteiger partial charge in [0.05, 0.1) is 0 Å². The number of rotatable bonds is 6. The Hall–Kier alpha value is -4.14. The molecular formula is C27H31N7O2. The van der Waals surface area contributed by atoms with Gasteiger partial charge in [-0.1, -0.05) is 43.7 Å². The number of benzene rings is 2. The van der Waals surface area contributed by atoms with Crippen molar-refractivity contribution in [3.05, 3.63) is 82.5 Å². The lowest BCUT2D eigenvalue weighted by Gasteiger charge is -2.36. The summed E-state index contributed by atoms with van der Waals surface area (Å²) in [5.41, 5.74) is 4.43. The molecule has 1 N–H and O–H groups in total. The normalized spacial score (nSPS) is 14.0. The molecule has 1 fully saturated rings. The Kier molecular flexibility index (Phi) is 6.45. The van der Waals surface area contributed by atoms with Crippen molar-refractivity contribution in [1.29, 1.82) is 0 Å². The van der Waals surface area contributed by atoms with Gasteiger partial charge in [-0.3, -0.25) is 4.79 Å². The van der Waals surface area contributed by atoms with Gasteiger partial charge in [0.25, 0.3) is 0 Å². The zero-order valence-electron chi connectivity index (χ0n) is 20.9. The topological polar surface area (TPSA) is 87.8 Å². The van der Waals surface area contributed by atoms with E-state index < -0.39 is 0 Å². The molecule has 9 heteroatoms. The lowest BCUT2D eigenvalue weighted by Crippen LogP contribution is -2.47. The molecule has 3 heterocycles. The lowest BCUT2D eigenvalue weighted by atomic mass is 10.0. The highest BCUT2D eigenvalue weighted by Gasteiger charge is 2.23. The second-order valence-electron chi connectivity index (χ2n) is 9.52. The largest absolute Gasteiger partial charge is 0.368 e. The van der Waals surface area contributed by atoms with Gasteiger partial charge in [-0.15, -0.1) is 5.10 Å². The summed E-state index contributed by atoms with van der Waals surface area (Å²) in [6.07, 6.45) is 3.20. The van der Waals surface area contributed by atoms with E-state index in [9.17, 15) is 9.59 Å². The fourth-order valence-corrected chi connectivity index (χ4v) is 4.48. The van der Waals surface area contributed by atoms with Gasteiger partial charge in [0.2, 0.25) is 11.6 Å². The summed E-state index contributed by atoms with van der Waals surface area (Å²) in [6, 6.07) is 16.3. The quantitative estimate of drug-likeness (QED) is 0.451. The molecule has 1 aliphatic rings. The number of fused-ring (bicyclic) bond motifs is 1. The third-order valence-electron chi connectivity index (χ3n) is 6.62. The van der Waals surface area contributed by atoms with Crippen LogP contribution in [0.4, 0.5) is 17.2 Å². The van der Waals surface area contributed by atoms with Crippen LogP contribution in [0.2, 0.25) is 0 Å². The predicted octanol–water partition coefficient (Wildman–Crippen LogP) is 3.29. The Morgan fingerprint density at radius 1 is 0.972 bits per heavy atom. The number of nitrogens with one attached hydrogen (secondary N) is 1. The van der Waals surface area contributed by atoms with Crippen LogP contribution in [0.25, 0.3) is 5.65 Å². The van der Waals surface area contributed by atoms with Crippen LogP contribution in [0.5, 0.6) is 0 Å². The maximum atomic E-state index is 13.0. The highest BCUT2D eigenvalue weighted by molar-refractivity contribution is 5.90. The van der Waals surface area contributed by atoms with E-state index in [4.69, 9.17) is 0 Å². The zero-order valence-corrected chi connectivity index (χ0v) is 20.9. The highest BCUT2D eigenvalue weighted by atomic mass is 16.2. The Balaban J connectivity index is 1.29. The summed E-state index contributed by atoms with van der Waals surface area (Å²) < 4.78 is 2.65. The number of aromatic nitrogens is 4. The molecule has 2 aromatic heterocycles. The Bertz CT molecular complexity index is 1410. The van der Waals surface area contributed by atoms with Crippen LogP contribution in [0, 0.1) is 6.92 Å². The molecule has 4 aromatic rings. The maximum Gasteiger partial charge on any atom is 0.350 e. The molecule has 1 amide bonds. The minimum atomic E-state index is -0.364. The summed E-state index contributed by atoms with van der Waals surface area (Å²) in [7, 11) is 0. The summed E-state index contributed by atoms with van der Waals surface area (Å²) in [5.74, 6) is 0.764. The smallest absolute Gasteiger partial charge is 0.350 e. The SMILES string of the molecule is Cc1ccc(N2CCN(c3nccn4c(=O)n(CC(=O)Nc5ccc(C(C)C)cc5)nc34)CC2)cc1. The van der Waals surface area contributed by atoms with Crippen molar-refractivity contribution >= 4 is 28.7 Å². The molecule has 0 bridgehead atoms. The van der Waals surface area contributed by atoms with E-state index in [2.05, 4.69) is 70.2 Å².